The van der Waals surface area contributed by atoms with Crippen LogP contribution in [-0.2, 0) is 23.3 Å². The number of fused-ring (bicyclic) bond motifs is 4. The number of hydrogen-bond acceptors (Lipinski definition) is 4. The van der Waals surface area contributed by atoms with E-state index in [-0.39, 0.29) is 29.8 Å². The highest BCUT2D eigenvalue weighted by atomic mass is 19.1. The van der Waals surface area contributed by atoms with Gasteiger partial charge in [-0.05, 0) is 56.0 Å². The van der Waals surface area contributed by atoms with E-state index in [0.717, 1.165) is 69.5 Å². The summed E-state index contributed by atoms with van der Waals surface area (Å²) >= 11 is 0. The van der Waals surface area contributed by atoms with Crippen molar-refractivity contribution in [2.45, 2.75) is 56.7 Å². The van der Waals surface area contributed by atoms with Crippen LogP contribution in [-0.4, -0.2) is 59.1 Å². The average molecular weight is 505 g/mol. The van der Waals surface area contributed by atoms with E-state index in [1.807, 2.05) is 19.2 Å². The zero-order valence-electron chi connectivity index (χ0n) is 21.6. The van der Waals surface area contributed by atoms with Crippen LogP contribution in [0.3, 0.4) is 0 Å². The Morgan fingerprint density at radius 3 is 2.65 bits per heavy atom. The summed E-state index contributed by atoms with van der Waals surface area (Å²) in [4.78, 5) is 21.0. The Hall–Kier alpha value is -2.74. The van der Waals surface area contributed by atoms with Crippen LogP contribution in [0.4, 0.5) is 4.39 Å². The fourth-order valence-electron chi connectivity index (χ4n) is 6.86. The highest BCUT2D eigenvalue weighted by molar-refractivity contribution is 5.87. The average Bonchev–Trinajstić information content (AvgIpc) is 3.25. The number of nitrogens with zero attached hydrogens (tertiary/aromatic N) is 2. The molecule has 1 amide bonds. The molecular weight excluding hydrogens is 467 g/mol. The predicted octanol–water partition coefficient (Wildman–Crippen LogP) is 4.24. The second-order valence-corrected chi connectivity index (χ2v) is 11.3. The third kappa shape index (κ3) is 4.27. The molecule has 2 aliphatic heterocycles. The monoisotopic (exact) mass is 504 g/mol. The molecule has 1 saturated carbocycles. The van der Waals surface area contributed by atoms with Crippen molar-refractivity contribution < 1.29 is 14.3 Å². The zero-order chi connectivity index (χ0) is 25.6. The first-order valence-corrected chi connectivity index (χ1v) is 13.7. The van der Waals surface area contributed by atoms with Crippen molar-refractivity contribution in [3.8, 4) is 0 Å². The number of likely N-dealkylation sites (tertiary alicyclic amines) is 1. The number of benzene rings is 2. The SMILES string of the molecule is CNCc1ccc2c3c([nH]c2c1)C(CO)N(Cc1ccccc1F)CC31CCN(C(=O)C2CCC2)CC1. The Labute approximate surface area is 217 Å². The molecule has 1 aromatic heterocycles. The number of nitrogens with one attached hydrogen (secondary N) is 2. The number of halogens is 1. The number of hydrogen-bond donors (Lipinski definition) is 3. The number of H-pyrrole nitrogens is 1. The van der Waals surface area contributed by atoms with Crippen LogP contribution in [0, 0.1) is 11.7 Å². The Morgan fingerprint density at radius 2 is 1.97 bits per heavy atom. The van der Waals surface area contributed by atoms with Crippen LogP contribution >= 0.6 is 0 Å². The van der Waals surface area contributed by atoms with Crippen LogP contribution in [0.5, 0.6) is 0 Å². The van der Waals surface area contributed by atoms with Gasteiger partial charge in [0.1, 0.15) is 5.82 Å². The maximum absolute atomic E-state index is 14.7. The topological polar surface area (TPSA) is 71.6 Å². The molecule has 3 N–H and O–H groups in total. The molecule has 1 spiro atoms. The van der Waals surface area contributed by atoms with E-state index in [4.69, 9.17) is 0 Å². The van der Waals surface area contributed by atoms with E-state index >= 15 is 0 Å². The summed E-state index contributed by atoms with van der Waals surface area (Å²) in [5, 5.41) is 15.0. The van der Waals surface area contributed by atoms with Crippen molar-refractivity contribution in [3.05, 3.63) is 70.7 Å². The number of carbonyl (C=O) groups excluding carboxylic acids is 1. The van der Waals surface area contributed by atoms with Gasteiger partial charge in [-0.3, -0.25) is 9.69 Å². The standard InChI is InChI=1S/C30H37FN4O2/c1-32-16-20-9-10-23-25(15-20)33-28-26(18-36)35(17-22-5-2-3-8-24(22)31)19-30(27(23)28)11-13-34(14-12-30)29(37)21-6-4-7-21/h2-3,5,8-10,15,21,26,32-33,36H,4,6-7,11-14,16-19H2,1H3. The van der Waals surface area contributed by atoms with Crippen LogP contribution in [0.15, 0.2) is 42.5 Å². The molecule has 3 aliphatic rings. The number of aliphatic hydroxyl groups is 1. The Morgan fingerprint density at radius 1 is 1.19 bits per heavy atom. The fraction of sp³-hybridized carbons (Fsp3) is 0.500. The van der Waals surface area contributed by atoms with Gasteiger partial charge in [0.15, 0.2) is 0 Å². The predicted molar refractivity (Wildman–Crippen MR) is 143 cm³/mol. The quantitative estimate of drug-likeness (QED) is 0.470. The largest absolute Gasteiger partial charge is 0.394 e. The Bertz CT molecular complexity index is 1290. The van der Waals surface area contributed by atoms with Gasteiger partial charge in [0, 0.05) is 66.2 Å². The second-order valence-electron chi connectivity index (χ2n) is 11.3. The number of aliphatic hydroxyl groups excluding tert-OH is 1. The highest BCUT2D eigenvalue weighted by Crippen LogP contribution is 2.49. The second kappa shape index (κ2) is 9.86. The molecule has 1 atom stereocenters. The van der Waals surface area contributed by atoms with Crippen molar-refractivity contribution in [1.82, 2.24) is 20.1 Å². The molecule has 37 heavy (non-hydrogen) atoms. The number of aromatic amines is 1. The number of piperidine rings is 1. The van der Waals surface area contributed by atoms with Gasteiger partial charge in [-0.15, -0.1) is 0 Å². The molecule has 7 heteroatoms. The molecule has 3 heterocycles. The van der Waals surface area contributed by atoms with Crippen LogP contribution in [0.2, 0.25) is 0 Å². The van der Waals surface area contributed by atoms with E-state index in [1.54, 1.807) is 6.07 Å². The lowest BCUT2D eigenvalue weighted by Gasteiger charge is -2.50. The third-order valence-corrected chi connectivity index (χ3v) is 9.07. The van der Waals surface area contributed by atoms with Gasteiger partial charge in [0.05, 0.1) is 12.6 Å². The highest BCUT2D eigenvalue weighted by Gasteiger charge is 2.48. The van der Waals surface area contributed by atoms with Crippen LogP contribution in [0.1, 0.15) is 60.5 Å². The van der Waals surface area contributed by atoms with E-state index in [2.05, 4.69) is 38.3 Å². The van der Waals surface area contributed by atoms with Gasteiger partial charge in [0.2, 0.25) is 5.91 Å². The Kier molecular flexibility index (Phi) is 6.55. The van der Waals surface area contributed by atoms with Gasteiger partial charge in [-0.1, -0.05) is 36.8 Å². The summed E-state index contributed by atoms with van der Waals surface area (Å²) in [5.41, 5.74) is 5.09. The van der Waals surface area contributed by atoms with Gasteiger partial charge >= 0.3 is 0 Å². The van der Waals surface area contributed by atoms with E-state index < -0.39 is 0 Å². The number of aromatic nitrogens is 1. The van der Waals surface area contributed by atoms with Crippen LogP contribution < -0.4 is 5.32 Å². The van der Waals surface area contributed by atoms with Gasteiger partial charge < -0.3 is 20.3 Å². The van der Waals surface area contributed by atoms with E-state index in [0.29, 0.717) is 18.0 Å². The molecule has 1 unspecified atom stereocenters. The number of carbonyl (C=O) groups is 1. The summed E-state index contributed by atoms with van der Waals surface area (Å²) in [6.07, 6.45) is 4.95. The van der Waals surface area contributed by atoms with E-state index in [1.165, 1.54) is 22.6 Å². The van der Waals surface area contributed by atoms with Crippen molar-refractivity contribution >= 4 is 16.8 Å². The molecule has 3 aromatic rings. The minimum Gasteiger partial charge on any atom is -0.394 e. The lowest BCUT2D eigenvalue weighted by molar-refractivity contribution is -0.140. The van der Waals surface area contributed by atoms with Crippen molar-refractivity contribution in [1.29, 1.82) is 0 Å². The maximum atomic E-state index is 14.7. The zero-order valence-corrected chi connectivity index (χ0v) is 21.6. The summed E-state index contributed by atoms with van der Waals surface area (Å²) in [7, 11) is 1.94. The van der Waals surface area contributed by atoms with Gasteiger partial charge in [-0.25, -0.2) is 4.39 Å². The van der Waals surface area contributed by atoms with Crippen molar-refractivity contribution in [2.24, 2.45) is 5.92 Å². The lowest BCUT2D eigenvalue weighted by atomic mass is 9.68. The fourth-order valence-corrected chi connectivity index (χ4v) is 6.86. The molecule has 0 radical (unpaired) electrons. The minimum atomic E-state index is -0.241. The molecule has 6 rings (SSSR count). The van der Waals surface area contributed by atoms with Crippen molar-refractivity contribution in [3.63, 3.8) is 0 Å². The molecule has 1 saturated heterocycles. The van der Waals surface area contributed by atoms with Gasteiger partial charge in [-0.2, -0.15) is 0 Å². The molecule has 6 nitrogen and oxygen atoms in total. The molecular formula is C30H37FN4O2. The first kappa shape index (κ1) is 24.6. The first-order chi connectivity index (χ1) is 18.0. The lowest BCUT2D eigenvalue weighted by Crippen LogP contribution is -2.55. The summed E-state index contributed by atoms with van der Waals surface area (Å²) in [6.45, 7) is 3.40. The summed E-state index contributed by atoms with van der Waals surface area (Å²) < 4.78 is 14.7. The summed E-state index contributed by atoms with van der Waals surface area (Å²) in [5.74, 6) is 0.323. The van der Waals surface area contributed by atoms with E-state index in [9.17, 15) is 14.3 Å². The summed E-state index contributed by atoms with van der Waals surface area (Å²) in [6, 6.07) is 13.3. The number of rotatable bonds is 6. The maximum Gasteiger partial charge on any atom is 0.225 e. The molecule has 2 aromatic carbocycles. The minimum absolute atomic E-state index is 0.0416. The molecule has 196 valence electrons. The molecule has 2 fully saturated rings. The Balaban J connectivity index is 1.40. The first-order valence-electron chi connectivity index (χ1n) is 13.7. The number of amides is 1. The molecule has 0 bridgehead atoms. The van der Waals surface area contributed by atoms with Gasteiger partial charge in [0.25, 0.3) is 0 Å². The third-order valence-electron chi connectivity index (χ3n) is 9.07. The molecule has 1 aliphatic carbocycles. The normalized spacial score (nSPS) is 21.8. The smallest absolute Gasteiger partial charge is 0.225 e. The van der Waals surface area contributed by atoms with Crippen LogP contribution in [0.25, 0.3) is 10.9 Å². The van der Waals surface area contributed by atoms with Crippen molar-refractivity contribution in [2.75, 3.05) is 33.3 Å².